The van der Waals surface area contributed by atoms with Crippen molar-refractivity contribution >= 4 is 29.1 Å². The van der Waals surface area contributed by atoms with E-state index in [4.69, 9.17) is 4.74 Å². The molecule has 0 radical (unpaired) electrons. The Hall–Kier alpha value is -3.85. The first-order chi connectivity index (χ1) is 16.2. The highest BCUT2D eigenvalue weighted by atomic mass is 32.1. The maximum Gasteiger partial charge on any atom is 0.338 e. The number of hydrogen-bond acceptors (Lipinski definition) is 7. The van der Waals surface area contributed by atoms with Gasteiger partial charge in [0.2, 0.25) is 0 Å². The lowest BCUT2D eigenvalue weighted by atomic mass is 9.95. The van der Waals surface area contributed by atoms with Crippen molar-refractivity contribution in [1.29, 1.82) is 0 Å². The average molecular weight is 478 g/mol. The number of aryl methyl sites for hydroxylation is 1. The summed E-state index contributed by atoms with van der Waals surface area (Å²) in [4.78, 5) is 42.3. The molecule has 1 aromatic heterocycles. The zero-order chi connectivity index (χ0) is 24.6. The molecule has 1 unspecified atom stereocenters. The smallest absolute Gasteiger partial charge is 0.338 e. The van der Waals surface area contributed by atoms with E-state index in [9.17, 15) is 19.7 Å². The fraction of sp³-hybridized carbons (Fsp3) is 0.240. The van der Waals surface area contributed by atoms with E-state index in [0.717, 1.165) is 11.1 Å². The summed E-state index contributed by atoms with van der Waals surface area (Å²) in [5.41, 5.74) is 2.75. The minimum atomic E-state index is -0.699. The Morgan fingerprint density at radius 3 is 2.56 bits per heavy atom. The first-order valence-electron chi connectivity index (χ1n) is 10.7. The third-order valence-electron chi connectivity index (χ3n) is 5.36. The van der Waals surface area contributed by atoms with Crippen LogP contribution in [0.2, 0.25) is 0 Å². The number of esters is 1. The molecule has 0 N–H and O–H groups in total. The predicted molar refractivity (Wildman–Crippen MR) is 129 cm³/mol. The number of allylic oxidation sites excluding steroid dienone is 1. The summed E-state index contributed by atoms with van der Waals surface area (Å²) < 4.78 is 7.35. The Kier molecular flexibility index (Phi) is 6.30. The van der Waals surface area contributed by atoms with Crippen molar-refractivity contribution in [2.45, 2.75) is 39.8 Å². The molecular formula is C25H23N3O5S. The normalized spacial score (nSPS) is 15.8. The molecule has 0 amide bonds. The standard InChI is InChI=1S/C25H23N3O5S/c1-14(2)33-24(30)21-16(4)26-25-27(22(21)18-10-8-15(3)9-11-18)23(29)20(34-25)13-17-6-5-7-19(12-17)28(31)32/h5-14,22H,1-4H3. The van der Waals surface area contributed by atoms with Crippen LogP contribution in [-0.4, -0.2) is 21.6 Å². The molecule has 1 atom stereocenters. The Morgan fingerprint density at radius 1 is 1.21 bits per heavy atom. The molecule has 34 heavy (non-hydrogen) atoms. The summed E-state index contributed by atoms with van der Waals surface area (Å²) >= 11 is 1.18. The van der Waals surface area contributed by atoms with E-state index in [1.807, 2.05) is 31.2 Å². The van der Waals surface area contributed by atoms with E-state index in [0.29, 0.717) is 26.2 Å². The van der Waals surface area contributed by atoms with Gasteiger partial charge in [0.05, 0.1) is 32.9 Å². The number of benzene rings is 2. The number of nitro benzene ring substituents is 1. The summed E-state index contributed by atoms with van der Waals surface area (Å²) in [6.45, 7) is 7.23. The second-order valence-electron chi connectivity index (χ2n) is 8.30. The molecule has 0 saturated carbocycles. The zero-order valence-corrected chi connectivity index (χ0v) is 20.0. The SMILES string of the molecule is CC1=C(C(=O)OC(C)C)C(c2ccc(C)cc2)n2c(sc(=Cc3cccc([N+](=O)[O-])c3)c2=O)=N1. The van der Waals surface area contributed by atoms with Gasteiger partial charge in [-0.1, -0.05) is 53.3 Å². The van der Waals surface area contributed by atoms with Crippen LogP contribution in [0.4, 0.5) is 5.69 Å². The molecule has 8 nitrogen and oxygen atoms in total. The van der Waals surface area contributed by atoms with Crippen LogP contribution in [0.5, 0.6) is 0 Å². The number of fused-ring (bicyclic) bond motifs is 1. The molecule has 3 aromatic rings. The summed E-state index contributed by atoms with van der Waals surface area (Å²) in [5, 5.41) is 11.1. The minimum absolute atomic E-state index is 0.0615. The summed E-state index contributed by atoms with van der Waals surface area (Å²) in [6.07, 6.45) is 1.28. The van der Waals surface area contributed by atoms with E-state index in [1.165, 1.54) is 28.0 Å². The number of non-ortho nitro benzene ring substituents is 1. The highest BCUT2D eigenvalue weighted by Gasteiger charge is 2.33. The van der Waals surface area contributed by atoms with Crippen LogP contribution in [0.1, 0.15) is 43.5 Å². The van der Waals surface area contributed by atoms with Gasteiger partial charge in [-0.05, 0) is 44.9 Å². The molecule has 0 fully saturated rings. The molecule has 2 heterocycles. The van der Waals surface area contributed by atoms with Gasteiger partial charge in [-0.2, -0.15) is 0 Å². The maximum atomic E-state index is 13.6. The number of carbonyl (C=O) groups is 1. The average Bonchev–Trinajstić information content (AvgIpc) is 3.07. The third kappa shape index (κ3) is 4.47. The minimum Gasteiger partial charge on any atom is -0.459 e. The first-order valence-corrected chi connectivity index (χ1v) is 11.5. The zero-order valence-electron chi connectivity index (χ0n) is 19.1. The topological polar surface area (TPSA) is 104 Å². The second kappa shape index (κ2) is 9.18. The first kappa shape index (κ1) is 23.3. The van der Waals surface area contributed by atoms with Crippen LogP contribution in [0, 0.1) is 17.0 Å². The van der Waals surface area contributed by atoms with Crippen LogP contribution in [0.15, 0.2) is 69.6 Å². The number of hydrogen-bond donors (Lipinski definition) is 0. The Bertz CT molecular complexity index is 1500. The van der Waals surface area contributed by atoms with Crippen molar-refractivity contribution in [1.82, 2.24) is 4.57 Å². The predicted octanol–water partition coefficient (Wildman–Crippen LogP) is 3.40. The largest absolute Gasteiger partial charge is 0.459 e. The molecule has 0 bridgehead atoms. The van der Waals surface area contributed by atoms with Gasteiger partial charge < -0.3 is 4.74 Å². The molecule has 0 saturated heterocycles. The highest BCUT2D eigenvalue weighted by Crippen LogP contribution is 2.31. The van der Waals surface area contributed by atoms with Crippen molar-refractivity contribution in [2.75, 3.05) is 0 Å². The highest BCUT2D eigenvalue weighted by molar-refractivity contribution is 7.07. The van der Waals surface area contributed by atoms with Gasteiger partial charge in [0, 0.05) is 12.1 Å². The molecule has 174 valence electrons. The van der Waals surface area contributed by atoms with Crippen LogP contribution in [0.3, 0.4) is 0 Å². The van der Waals surface area contributed by atoms with E-state index in [-0.39, 0.29) is 17.4 Å². The van der Waals surface area contributed by atoms with Crippen LogP contribution in [-0.2, 0) is 9.53 Å². The fourth-order valence-electron chi connectivity index (χ4n) is 3.80. The lowest BCUT2D eigenvalue weighted by Crippen LogP contribution is -2.40. The van der Waals surface area contributed by atoms with E-state index < -0.39 is 16.9 Å². The number of carbonyl (C=O) groups excluding carboxylic acids is 1. The number of aromatic nitrogens is 1. The Labute approximate surface area is 199 Å². The number of nitrogens with zero attached hydrogens (tertiary/aromatic N) is 3. The quantitative estimate of drug-likeness (QED) is 0.318. The summed E-state index contributed by atoms with van der Waals surface area (Å²) in [7, 11) is 0. The van der Waals surface area contributed by atoms with Crippen LogP contribution >= 0.6 is 11.3 Å². The number of rotatable bonds is 5. The van der Waals surface area contributed by atoms with Gasteiger partial charge in [-0.15, -0.1) is 0 Å². The molecule has 0 aliphatic carbocycles. The van der Waals surface area contributed by atoms with E-state index >= 15 is 0 Å². The number of nitro groups is 1. The van der Waals surface area contributed by atoms with Gasteiger partial charge in [-0.25, -0.2) is 9.79 Å². The number of thiazole rings is 1. The second-order valence-corrected chi connectivity index (χ2v) is 9.31. The Morgan fingerprint density at radius 2 is 1.91 bits per heavy atom. The number of ether oxygens (including phenoxy) is 1. The lowest BCUT2D eigenvalue weighted by Gasteiger charge is -2.25. The summed E-state index contributed by atoms with van der Waals surface area (Å²) in [6, 6.07) is 13.0. The van der Waals surface area contributed by atoms with Gasteiger partial charge in [-0.3, -0.25) is 19.5 Å². The van der Waals surface area contributed by atoms with Crippen molar-refractivity contribution in [3.8, 4) is 0 Å². The van der Waals surface area contributed by atoms with Crippen molar-refractivity contribution in [2.24, 2.45) is 4.99 Å². The monoisotopic (exact) mass is 477 g/mol. The third-order valence-corrected chi connectivity index (χ3v) is 6.34. The molecule has 1 aliphatic rings. The molecule has 9 heteroatoms. The van der Waals surface area contributed by atoms with Gasteiger partial charge >= 0.3 is 5.97 Å². The molecular weight excluding hydrogens is 454 g/mol. The Balaban J connectivity index is 1.93. The lowest BCUT2D eigenvalue weighted by molar-refractivity contribution is -0.384. The van der Waals surface area contributed by atoms with Crippen molar-refractivity contribution in [3.05, 3.63) is 106 Å². The molecule has 0 spiro atoms. The van der Waals surface area contributed by atoms with E-state index in [2.05, 4.69) is 4.99 Å². The summed E-state index contributed by atoms with van der Waals surface area (Å²) in [5.74, 6) is -0.519. The fourth-order valence-corrected chi connectivity index (χ4v) is 4.85. The van der Waals surface area contributed by atoms with Crippen molar-refractivity contribution < 1.29 is 14.5 Å². The van der Waals surface area contributed by atoms with Crippen LogP contribution < -0.4 is 14.9 Å². The molecule has 1 aliphatic heterocycles. The molecule has 2 aromatic carbocycles. The van der Waals surface area contributed by atoms with Gasteiger partial charge in [0.25, 0.3) is 11.2 Å². The van der Waals surface area contributed by atoms with Crippen molar-refractivity contribution in [3.63, 3.8) is 0 Å². The van der Waals surface area contributed by atoms with E-state index in [1.54, 1.807) is 39.0 Å². The molecule has 4 rings (SSSR count). The van der Waals surface area contributed by atoms with Gasteiger partial charge in [0.15, 0.2) is 4.80 Å². The van der Waals surface area contributed by atoms with Crippen LogP contribution in [0.25, 0.3) is 6.08 Å². The maximum absolute atomic E-state index is 13.6. The van der Waals surface area contributed by atoms with Gasteiger partial charge in [0.1, 0.15) is 0 Å².